The molecule has 0 aromatic carbocycles. The molecule has 29 heavy (non-hydrogen) atoms. The van der Waals surface area contributed by atoms with Gasteiger partial charge in [-0.15, -0.1) is 11.3 Å². The summed E-state index contributed by atoms with van der Waals surface area (Å²) in [4.78, 5) is 16.8. The number of piperazine rings is 1. The minimum absolute atomic E-state index is 0.0394. The molecule has 7 nitrogen and oxygen atoms in total. The Kier molecular flexibility index (Phi) is 8.09. The van der Waals surface area contributed by atoms with Crippen molar-refractivity contribution in [3.63, 3.8) is 0 Å². The molecule has 3 rings (SSSR count). The summed E-state index contributed by atoms with van der Waals surface area (Å²) in [7, 11) is -3.58. The van der Waals surface area contributed by atoms with E-state index >= 15 is 0 Å². The van der Waals surface area contributed by atoms with Gasteiger partial charge >= 0.3 is 0 Å². The van der Waals surface area contributed by atoms with E-state index in [1.165, 1.54) is 22.1 Å². The number of piperidine rings is 1. The molecule has 9 heteroatoms. The van der Waals surface area contributed by atoms with Crippen molar-refractivity contribution < 1.29 is 13.2 Å². The normalized spacial score (nSPS) is 24.2. The van der Waals surface area contributed by atoms with Crippen molar-refractivity contribution in [1.82, 2.24) is 19.4 Å². The molecule has 2 aliphatic heterocycles. The van der Waals surface area contributed by atoms with Gasteiger partial charge in [-0.25, -0.2) is 8.42 Å². The van der Waals surface area contributed by atoms with Crippen molar-refractivity contribution in [2.24, 2.45) is 0 Å². The third-order valence-corrected chi connectivity index (χ3v) is 9.39. The van der Waals surface area contributed by atoms with Crippen LogP contribution in [0.15, 0.2) is 21.7 Å². The van der Waals surface area contributed by atoms with Crippen LogP contribution in [0.5, 0.6) is 0 Å². The Morgan fingerprint density at radius 3 is 2.52 bits per heavy atom. The second kappa shape index (κ2) is 10.3. The number of carbonyl (C=O) groups excluding carboxylic acids is 1. The van der Waals surface area contributed by atoms with Crippen LogP contribution in [0.3, 0.4) is 0 Å². The lowest BCUT2D eigenvalue weighted by Crippen LogP contribution is -2.49. The molecule has 1 N–H and O–H groups in total. The van der Waals surface area contributed by atoms with Crippen molar-refractivity contribution in [3.05, 3.63) is 17.5 Å². The van der Waals surface area contributed by atoms with Gasteiger partial charge in [0.2, 0.25) is 5.91 Å². The van der Waals surface area contributed by atoms with Gasteiger partial charge in [-0.2, -0.15) is 4.31 Å². The molecular weight excluding hydrogens is 408 g/mol. The number of hydrogen-bond donors (Lipinski definition) is 1. The number of hydrogen-bond acceptors (Lipinski definition) is 6. The first-order valence-corrected chi connectivity index (χ1v) is 13.0. The van der Waals surface area contributed by atoms with Crippen LogP contribution in [0.1, 0.15) is 39.5 Å². The molecule has 2 aliphatic rings. The average molecular weight is 443 g/mol. The van der Waals surface area contributed by atoms with Gasteiger partial charge in [-0.1, -0.05) is 12.5 Å². The fourth-order valence-corrected chi connectivity index (χ4v) is 6.90. The fourth-order valence-electron chi connectivity index (χ4n) is 4.32. The van der Waals surface area contributed by atoms with E-state index in [9.17, 15) is 13.2 Å². The van der Waals surface area contributed by atoms with Crippen molar-refractivity contribution in [1.29, 1.82) is 0 Å². The van der Waals surface area contributed by atoms with Gasteiger partial charge in [0.15, 0.2) is 0 Å². The van der Waals surface area contributed by atoms with Gasteiger partial charge in [-0.3, -0.25) is 9.69 Å². The van der Waals surface area contributed by atoms with Crippen LogP contribution >= 0.6 is 11.3 Å². The molecule has 0 radical (unpaired) electrons. The Hall–Kier alpha value is -1.00. The maximum absolute atomic E-state index is 13.2. The van der Waals surface area contributed by atoms with Crippen LogP contribution < -0.4 is 5.32 Å². The second-order valence-electron chi connectivity index (χ2n) is 8.08. The smallest absolute Gasteiger partial charge is 0.252 e. The lowest BCUT2D eigenvalue weighted by atomic mass is 9.98. The summed E-state index contributed by atoms with van der Waals surface area (Å²) in [5, 5.41) is 5.02. The van der Waals surface area contributed by atoms with Crippen molar-refractivity contribution in [2.45, 2.75) is 55.8 Å². The summed E-state index contributed by atoms with van der Waals surface area (Å²) in [6, 6.07) is 4.34. The fraction of sp³-hybridized carbons (Fsp3) is 0.750. The lowest BCUT2D eigenvalue weighted by Gasteiger charge is -2.40. The summed E-state index contributed by atoms with van der Waals surface area (Å²) in [6.07, 6.45) is 3.78. The highest BCUT2D eigenvalue weighted by Gasteiger charge is 2.30. The summed E-state index contributed by atoms with van der Waals surface area (Å²) in [6.45, 7) is 8.79. The number of rotatable bonds is 8. The van der Waals surface area contributed by atoms with Gasteiger partial charge < -0.3 is 10.2 Å². The average Bonchev–Trinajstić information content (AvgIpc) is 3.26. The predicted octanol–water partition coefficient (Wildman–Crippen LogP) is 1.82. The molecule has 2 fully saturated rings. The van der Waals surface area contributed by atoms with Gasteiger partial charge in [0.1, 0.15) is 4.21 Å². The topological polar surface area (TPSA) is 73.0 Å². The number of thiophene rings is 1. The van der Waals surface area contributed by atoms with Crippen LogP contribution in [-0.4, -0.2) is 86.3 Å². The summed E-state index contributed by atoms with van der Waals surface area (Å²) in [5.41, 5.74) is 0. The van der Waals surface area contributed by atoms with Crippen molar-refractivity contribution in [2.75, 3.05) is 45.8 Å². The molecule has 0 saturated carbocycles. The molecule has 1 amide bonds. The number of amides is 1. The van der Waals surface area contributed by atoms with Crippen molar-refractivity contribution in [3.8, 4) is 0 Å². The first-order valence-electron chi connectivity index (χ1n) is 10.7. The summed E-state index contributed by atoms with van der Waals surface area (Å²) in [5.74, 6) is 0.0394. The van der Waals surface area contributed by atoms with E-state index in [0.29, 0.717) is 42.5 Å². The van der Waals surface area contributed by atoms with Crippen LogP contribution in [-0.2, 0) is 14.8 Å². The first kappa shape index (κ1) is 22.7. The minimum Gasteiger partial charge on any atom is -0.340 e. The van der Waals surface area contributed by atoms with E-state index in [-0.39, 0.29) is 18.9 Å². The lowest BCUT2D eigenvalue weighted by molar-refractivity contribution is -0.131. The number of nitrogens with one attached hydrogen (secondary N) is 1. The standard InChI is InChI=1S/C20H34N4O3S2/c1-17-5-3-6-18(2)24(17)15-14-23(29(26,27)20-7-4-16-28-20)11-8-19(25)22-12-9-21-10-13-22/h4,7,16-18,21H,3,5-6,8-15H2,1-2H3. The maximum Gasteiger partial charge on any atom is 0.252 e. The van der Waals surface area contributed by atoms with Gasteiger partial charge in [0.25, 0.3) is 10.0 Å². The van der Waals surface area contributed by atoms with E-state index < -0.39 is 10.0 Å². The summed E-state index contributed by atoms with van der Waals surface area (Å²) < 4.78 is 28.3. The predicted molar refractivity (Wildman–Crippen MR) is 117 cm³/mol. The van der Waals surface area contributed by atoms with E-state index in [0.717, 1.165) is 25.9 Å². The second-order valence-corrected chi connectivity index (χ2v) is 11.2. The van der Waals surface area contributed by atoms with Gasteiger partial charge in [0, 0.05) is 64.3 Å². The molecule has 1 aromatic rings. The van der Waals surface area contributed by atoms with E-state index in [2.05, 4.69) is 24.1 Å². The Bertz CT molecular complexity index is 738. The highest BCUT2D eigenvalue weighted by atomic mass is 32.2. The minimum atomic E-state index is -3.58. The molecular formula is C20H34N4O3S2. The van der Waals surface area contributed by atoms with E-state index in [1.54, 1.807) is 17.5 Å². The Labute approximate surface area is 179 Å². The Morgan fingerprint density at radius 2 is 1.90 bits per heavy atom. The van der Waals surface area contributed by atoms with Gasteiger partial charge in [0.05, 0.1) is 0 Å². The first-order chi connectivity index (χ1) is 13.9. The highest BCUT2D eigenvalue weighted by molar-refractivity contribution is 7.91. The molecule has 1 aromatic heterocycles. The van der Waals surface area contributed by atoms with Crippen LogP contribution in [0.25, 0.3) is 0 Å². The number of nitrogens with zero attached hydrogens (tertiary/aromatic N) is 3. The third-order valence-electron chi connectivity index (χ3n) is 6.12. The van der Waals surface area contributed by atoms with Crippen LogP contribution in [0.4, 0.5) is 0 Å². The largest absolute Gasteiger partial charge is 0.340 e. The molecule has 0 spiro atoms. The van der Waals surface area contributed by atoms with Crippen LogP contribution in [0, 0.1) is 0 Å². The number of likely N-dealkylation sites (tertiary alicyclic amines) is 1. The zero-order valence-corrected chi connectivity index (χ0v) is 19.2. The third kappa shape index (κ3) is 5.79. The van der Waals surface area contributed by atoms with E-state index in [1.807, 2.05) is 4.90 Å². The zero-order valence-electron chi connectivity index (χ0n) is 17.5. The Morgan fingerprint density at radius 1 is 1.21 bits per heavy atom. The maximum atomic E-state index is 13.2. The monoisotopic (exact) mass is 442 g/mol. The van der Waals surface area contributed by atoms with Crippen LogP contribution in [0.2, 0.25) is 0 Å². The SMILES string of the molecule is CC1CCCC(C)N1CCN(CCC(=O)N1CCNCC1)S(=O)(=O)c1cccs1. The summed E-state index contributed by atoms with van der Waals surface area (Å²) >= 11 is 1.24. The Balaban J connectivity index is 1.67. The molecule has 3 heterocycles. The molecule has 2 unspecified atom stereocenters. The molecule has 0 aliphatic carbocycles. The quantitative estimate of drug-likeness (QED) is 0.665. The zero-order chi connectivity index (χ0) is 20.9. The number of carbonyl (C=O) groups is 1. The van der Waals surface area contributed by atoms with Gasteiger partial charge in [-0.05, 0) is 38.1 Å². The molecule has 2 saturated heterocycles. The molecule has 164 valence electrons. The molecule has 2 atom stereocenters. The molecule has 0 bridgehead atoms. The van der Waals surface area contributed by atoms with E-state index in [4.69, 9.17) is 0 Å². The van der Waals surface area contributed by atoms with Crippen molar-refractivity contribution >= 4 is 27.3 Å². The number of sulfonamides is 1. The highest BCUT2D eigenvalue weighted by Crippen LogP contribution is 2.24.